The Labute approximate surface area is 103 Å². The normalized spacial score (nSPS) is 13.8. The van der Waals surface area contributed by atoms with E-state index in [0.29, 0.717) is 13.2 Å². The molecule has 1 aliphatic heterocycles. The maximum absolute atomic E-state index is 5.68. The first-order valence-corrected chi connectivity index (χ1v) is 5.35. The van der Waals surface area contributed by atoms with Crippen molar-refractivity contribution in [2.75, 3.05) is 26.9 Å². The molecule has 1 aromatic carbocycles. The maximum atomic E-state index is 5.68. The minimum absolute atomic E-state index is 0. The van der Waals surface area contributed by atoms with Crippen LogP contribution in [0.4, 0.5) is 0 Å². The molecule has 0 radical (unpaired) electrons. The highest BCUT2D eigenvalue weighted by atomic mass is 35.5. The molecule has 0 unspecified atom stereocenters. The molecule has 0 amide bonds. The molecule has 1 aromatic rings. The van der Waals surface area contributed by atoms with Crippen molar-refractivity contribution in [2.45, 2.75) is 13.0 Å². The molecule has 0 spiro atoms. The Balaban J connectivity index is 0.00000128. The fraction of sp³-hybridized carbons (Fsp3) is 0.500. The van der Waals surface area contributed by atoms with Gasteiger partial charge in [0, 0.05) is 19.2 Å². The molecule has 1 heterocycles. The molecule has 0 saturated carbocycles. The van der Waals surface area contributed by atoms with Crippen molar-refractivity contribution in [3.8, 4) is 5.75 Å². The van der Waals surface area contributed by atoms with E-state index >= 15 is 0 Å². The highest BCUT2D eigenvalue weighted by Crippen LogP contribution is 2.24. The van der Waals surface area contributed by atoms with Gasteiger partial charge in [-0.1, -0.05) is 12.1 Å². The van der Waals surface area contributed by atoms with Gasteiger partial charge in [0.2, 0.25) is 0 Å². The molecule has 1 aliphatic rings. The van der Waals surface area contributed by atoms with Gasteiger partial charge in [-0.3, -0.25) is 0 Å². The van der Waals surface area contributed by atoms with E-state index in [9.17, 15) is 0 Å². The molecule has 0 aliphatic carbocycles. The predicted molar refractivity (Wildman–Crippen MR) is 66.5 cm³/mol. The van der Waals surface area contributed by atoms with E-state index in [-0.39, 0.29) is 12.4 Å². The lowest BCUT2D eigenvalue weighted by Crippen LogP contribution is -2.24. The van der Waals surface area contributed by atoms with Crippen LogP contribution >= 0.6 is 12.4 Å². The number of ether oxygens (including phenoxy) is 2. The van der Waals surface area contributed by atoms with Crippen molar-refractivity contribution in [3.63, 3.8) is 0 Å². The monoisotopic (exact) mass is 243 g/mol. The fourth-order valence-corrected chi connectivity index (χ4v) is 1.85. The van der Waals surface area contributed by atoms with Crippen LogP contribution in [0.1, 0.15) is 11.1 Å². The number of hydrogen-bond acceptors (Lipinski definition) is 3. The third-order valence-electron chi connectivity index (χ3n) is 2.65. The van der Waals surface area contributed by atoms with Crippen LogP contribution in [0.2, 0.25) is 0 Å². The first-order valence-electron chi connectivity index (χ1n) is 5.35. The van der Waals surface area contributed by atoms with Gasteiger partial charge in [-0.25, -0.2) is 0 Å². The zero-order chi connectivity index (χ0) is 10.5. The van der Waals surface area contributed by atoms with E-state index in [4.69, 9.17) is 9.47 Å². The van der Waals surface area contributed by atoms with Crippen molar-refractivity contribution < 1.29 is 9.47 Å². The molecule has 2 rings (SSSR count). The Morgan fingerprint density at radius 2 is 2.19 bits per heavy atom. The Kier molecular flexibility index (Phi) is 5.60. The first-order chi connectivity index (χ1) is 7.42. The summed E-state index contributed by atoms with van der Waals surface area (Å²) in [5, 5.41) is 3.36. The van der Waals surface area contributed by atoms with E-state index < -0.39 is 0 Å². The third-order valence-corrected chi connectivity index (χ3v) is 2.65. The van der Waals surface area contributed by atoms with Crippen LogP contribution in [0.25, 0.3) is 0 Å². The van der Waals surface area contributed by atoms with Gasteiger partial charge in [0.25, 0.3) is 0 Å². The lowest BCUT2D eigenvalue weighted by Gasteiger charge is -2.20. The maximum Gasteiger partial charge on any atom is 0.124 e. The lowest BCUT2D eigenvalue weighted by molar-refractivity contribution is 0.145. The summed E-state index contributed by atoms with van der Waals surface area (Å²) in [5.41, 5.74) is 2.71. The fourth-order valence-electron chi connectivity index (χ4n) is 1.85. The second kappa shape index (κ2) is 6.74. The van der Waals surface area contributed by atoms with E-state index in [2.05, 4.69) is 17.4 Å². The van der Waals surface area contributed by atoms with Crippen molar-refractivity contribution in [3.05, 3.63) is 29.3 Å². The molecule has 4 heteroatoms. The quantitative estimate of drug-likeness (QED) is 0.818. The SMILES string of the molecule is COCCOc1cccc2c1CNCC2.Cl. The largest absolute Gasteiger partial charge is 0.491 e. The molecule has 90 valence electrons. The number of hydrogen-bond donors (Lipinski definition) is 1. The summed E-state index contributed by atoms with van der Waals surface area (Å²) in [7, 11) is 1.69. The molecule has 0 saturated heterocycles. The molecule has 16 heavy (non-hydrogen) atoms. The van der Waals surface area contributed by atoms with E-state index in [1.54, 1.807) is 7.11 Å². The summed E-state index contributed by atoms with van der Waals surface area (Å²) in [6.45, 7) is 3.23. The van der Waals surface area contributed by atoms with Crippen LogP contribution in [-0.2, 0) is 17.7 Å². The number of benzene rings is 1. The highest BCUT2D eigenvalue weighted by Gasteiger charge is 2.12. The average molecular weight is 244 g/mol. The molecule has 0 fully saturated rings. The van der Waals surface area contributed by atoms with Crippen LogP contribution in [0.3, 0.4) is 0 Å². The van der Waals surface area contributed by atoms with Gasteiger partial charge in [0.05, 0.1) is 6.61 Å². The summed E-state index contributed by atoms with van der Waals surface area (Å²) in [6.07, 6.45) is 1.09. The summed E-state index contributed by atoms with van der Waals surface area (Å²) in [5.74, 6) is 0.997. The summed E-state index contributed by atoms with van der Waals surface area (Å²) < 4.78 is 10.6. The van der Waals surface area contributed by atoms with Crippen LogP contribution in [0.5, 0.6) is 5.75 Å². The molecule has 1 N–H and O–H groups in total. The number of fused-ring (bicyclic) bond motifs is 1. The van der Waals surface area contributed by atoms with Gasteiger partial charge < -0.3 is 14.8 Å². The predicted octanol–water partition coefficient (Wildman–Crippen LogP) is 1.78. The minimum atomic E-state index is 0. The topological polar surface area (TPSA) is 30.5 Å². The number of methoxy groups -OCH3 is 1. The van der Waals surface area contributed by atoms with Crippen LogP contribution in [0.15, 0.2) is 18.2 Å². The Morgan fingerprint density at radius 3 is 3.00 bits per heavy atom. The standard InChI is InChI=1S/C12H17NO2.ClH/c1-14-7-8-15-12-4-2-3-10-5-6-13-9-11(10)12;/h2-4,13H,5-9H2,1H3;1H. The van der Waals surface area contributed by atoms with Gasteiger partial charge in [-0.15, -0.1) is 12.4 Å². The molecular weight excluding hydrogens is 226 g/mol. The van der Waals surface area contributed by atoms with Gasteiger partial charge in [-0.2, -0.15) is 0 Å². The van der Waals surface area contributed by atoms with Crippen molar-refractivity contribution in [2.24, 2.45) is 0 Å². The second-order valence-electron chi connectivity index (χ2n) is 3.66. The third kappa shape index (κ3) is 3.11. The van der Waals surface area contributed by atoms with Gasteiger partial charge in [0.15, 0.2) is 0 Å². The highest BCUT2D eigenvalue weighted by molar-refractivity contribution is 5.85. The van der Waals surface area contributed by atoms with Crippen LogP contribution in [0, 0.1) is 0 Å². The van der Waals surface area contributed by atoms with Crippen LogP contribution < -0.4 is 10.1 Å². The van der Waals surface area contributed by atoms with E-state index in [1.807, 2.05) is 6.07 Å². The molecular formula is C12H18ClNO2. The summed E-state index contributed by atoms with van der Waals surface area (Å²) in [6, 6.07) is 6.27. The number of nitrogens with one attached hydrogen (secondary N) is 1. The number of rotatable bonds is 4. The minimum Gasteiger partial charge on any atom is -0.491 e. The number of halogens is 1. The summed E-state index contributed by atoms with van der Waals surface area (Å²) >= 11 is 0. The smallest absolute Gasteiger partial charge is 0.124 e. The van der Waals surface area contributed by atoms with Gasteiger partial charge >= 0.3 is 0 Å². The zero-order valence-electron chi connectivity index (χ0n) is 9.49. The van der Waals surface area contributed by atoms with E-state index in [1.165, 1.54) is 11.1 Å². The Morgan fingerprint density at radius 1 is 1.31 bits per heavy atom. The molecule has 0 bridgehead atoms. The molecule has 3 nitrogen and oxygen atoms in total. The van der Waals surface area contributed by atoms with Crippen LogP contribution in [-0.4, -0.2) is 26.9 Å². The lowest BCUT2D eigenvalue weighted by atomic mass is 10.0. The Hall–Kier alpha value is -0.770. The first kappa shape index (κ1) is 13.3. The molecule has 0 atom stereocenters. The van der Waals surface area contributed by atoms with Gasteiger partial charge in [0.1, 0.15) is 12.4 Å². The van der Waals surface area contributed by atoms with Crippen molar-refractivity contribution in [1.29, 1.82) is 0 Å². The van der Waals surface area contributed by atoms with Crippen molar-refractivity contribution in [1.82, 2.24) is 5.32 Å². The second-order valence-corrected chi connectivity index (χ2v) is 3.66. The zero-order valence-corrected chi connectivity index (χ0v) is 10.3. The average Bonchev–Trinajstić information content (AvgIpc) is 2.30. The molecule has 0 aromatic heterocycles. The van der Waals surface area contributed by atoms with Crippen molar-refractivity contribution >= 4 is 12.4 Å². The van der Waals surface area contributed by atoms with Gasteiger partial charge in [-0.05, 0) is 24.6 Å². The Bertz CT molecular complexity index is 331. The van der Waals surface area contributed by atoms with E-state index in [0.717, 1.165) is 25.3 Å². The summed E-state index contributed by atoms with van der Waals surface area (Å²) in [4.78, 5) is 0.